The Hall–Kier alpha value is -2.49. The minimum atomic E-state index is -3.51. The van der Waals surface area contributed by atoms with Crippen LogP contribution in [0.25, 0.3) is 0 Å². The lowest BCUT2D eigenvalue weighted by Crippen LogP contribution is -2.30. The molecular weight excluding hydrogens is 418 g/mol. The normalized spacial score (nSPS) is 15.7. The Morgan fingerprint density at radius 2 is 1.79 bits per heavy atom. The van der Waals surface area contributed by atoms with Gasteiger partial charge in [0, 0.05) is 25.0 Å². The van der Waals surface area contributed by atoms with E-state index in [4.69, 9.17) is 16.3 Å². The molecule has 2 aromatic rings. The fourth-order valence-electron chi connectivity index (χ4n) is 2.81. The van der Waals surface area contributed by atoms with Gasteiger partial charge in [-0.15, -0.1) is 0 Å². The molecule has 0 unspecified atom stereocenters. The number of hydrogen-bond acceptors (Lipinski definition) is 6. The largest absolute Gasteiger partial charge is 0.449 e. The molecule has 2 heterocycles. The third-order valence-corrected chi connectivity index (χ3v) is 6.58. The van der Waals surface area contributed by atoms with Crippen LogP contribution in [0, 0.1) is 0 Å². The second-order valence-electron chi connectivity index (χ2n) is 6.54. The van der Waals surface area contributed by atoms with Crippen molar-refractivity contribution < 1.29 is 22.7 Å². The van der Waals surface area contributed by atoms with Crippen molar-refractivity contribution in [1.29, 1.82) is 0 Å². The molecule has 0 spiro atoms. The van der Waals surface area contributed by atoms with Crippen molar-refractivity contribution in [1.82, 2.24) is 9.29 Å². The molecule has 1 saturated heterocycles. The second kappa shape index (κ2) is 8.89. The highest BCUT2D eigenvalue weighted by Crippen LogP contribution is 2.22. The zero-order valence-corrected chi connectivity index (χ0v) is 17.2. The summed E-state index contributed by atoms with van der Waals surface area (Å²) in [7, 11) is -3.51. The van der Waals surface area contributed by atoms with Crippen LogP contribution in [-0.2, 0) is 19.6 Å². The Morgan fingerprint density at radius 1 is 1.14 bits per heavy atom. The van der Waals surface area contributed by atoms with E-state index < -0.39 is 28.0 Å². The molecule has 154 valence electrons. The van der Waals surface area contributed by atoms with Crippen molar-refractivity contribution in [3.8, 4) is 0 Å². The molecule has 3 rings (SSSR count). The van der Waals surface area contributed by atoms with E-state index in [1.165, 1.54) is 53.8 Å². The average molecular weight is 438 g/mol. The van der Waals surface area contributed by atoms with Crippen molar-refractivity contribution >= 4 is 39.2 Å². The van der Waals surface area contributed by atoms with E-state index in [0.29, 0.717) is 18.8 Å². The standard InChI is InChI=1S/C19H20ClN3O5S/c1-13(28-19(25)14-4-9-17(20)21-12-14)18(24)22-15-5-7-16(8-6-15)29(26,27)23-10-2-3-11-23/h4-9,12-13H,2-3,10-11H2,1H3,(H,22,24)/t13-/m1/s1. The Bertz CT molecular complexity index is 988. The first-order chi connectivity index (χ1) is 13.8. The zero-order valence-electron chi connectivity index (χ0n) is 15.7. The van der Waals surface area contributed by atoms with Crippen molar-refractivity contribution in [3.05, 3.63) is 53.3 Å². The van der Waals surface area contributed by atoms with Crippen molar-refractivity contribution in [2.75, 3.05) is 18.4 Å². The molecule has 0 aliphatic carbocycles. The van der Waals surface area contributed by atoms with E-state index in [1.54, 1.807) is 0 Å². The van der Waals surface area contributed by atoms with Crippen LogP contribution in [0.2, 0.25) is 5.15 Å². The number of nitrogens with one attached hydrogen (secondary N) is 1. The van der Waals surface area contributed by atoms with Crippen LogP contribution in [0.5, 0.6) is 0 Å². The van der Waals surface area contributed by atoms with Gasteiger partial charge in [0.15, 0.2) is 6.10 Å². The van der Waals surface area contributed by atoms with Crippen LogP contribution >= 0.6 is 11.6 Å². The van der Waals surface area contributed by atoms with Gasteiger partial charge in [-0.2, -0.15) is 4.31 Å². The molecule has 1 aromatic heterocycles. The fourth-order valence-corrected chi connectivity index (χ4v) is 4.44. The molecule has 1 aromatic carbocycles. The van der Waals surface area contributed by atoms with Crippen molar-refractivity contribution in [3.63, 3.8) is 0 Å². The molecule has 1 aliphatic heterocycles. The lowest BCUT2D eigenvalue weighted by molar-refractivity contribution is -0.123. The number of pyridine rings is 1. The van der Waals surface area contributed by atoms with E-state index in [1.807, 2.05) is 0 Å². The molecule has 0 radical (unpaired) electrons. The zero-order chi connectivity index (χ0) is 21.0. The fraction of sp³-hybridized carbons (Fsp3) is 0.316. The number of hydrogen-bond donors (Lipinski definition) is 1. The number of carbonyl (C=O) groups is 2. The summed E-state index contributed by atoms with van der Waals surface area (Å²) in [4.78, 5) is 28.3. The number of ether oxygens (including phenoxy) is 1. The number of anilines is 1. The van der Waals surface area contributed by atoms with Crippen LogP contribution in [0.1, 0.15) is 30.1 Å². The second-order valence-corrected chi connectivity index (χ2v) is 8.87. The topological polar surface area (TPSA) is 106 Å². The van der Waals surface area contributed by atoms with E-state index in [-0.39, 0.29) is 15.6 Å². The summed E-state index contributed by atoms with van der Waals surface area (Å²) in [5, 5.41) is 2.83. The van der Waals surface area contributed by atoms with Crippen LogP contribution in [-0.4, -0.2) is 48.8 Å². The Labute approximate surface area is 173 Å². The first-order valence-corrected chi connectivity index (χ1v) is 10.8. The van der Waals surface area contributed by atoms with Crippen molar-refractivity contribution in [2.45, 2.75) is 30.8 Å². The van der Waals surface area contributed by atoms with Gasteiger partial charge in [-0.05, 0) is 56.2 Å². The van der Waals surface area contributed by atoms with Gasteiger partial charge >= 0.3 is 5.97 Å². The number of aromatic nitrogens is 1. The molecule has 1 N–H and O–H groups in total. The van der Waals surface area contributed by atoms with Crippen LogP contribution in [0.4, 0.5) is 5.69 Å². The molecule has 0 bridgehead atoms. The number of rotatable bonds is 6. The van der Waals surface area contributed by atoms with E-state index in [0.717, 1.165) is 12.8 Å². The monoisotopic (exact) mass is 437 g/mol. The summed E-state index contributed by atoms with van der Waals surface area (Å²) in [5.41, 5.74) is 0.567. The first-order valence-electron chi connectivity index (χ1n) is 9.01. The molecule has 0 saturated carbocycles. The summed E-state index contributed by atoms with van der Waals surface area (Å²) in [6, 6.07) is 8.78. The number of sulfonamides is 1. The number of amides is 1. The maximum absolute atomic E-state index is 12.5. The molecule has 1 aliphatic rings. The third kappa shape index (κ3) is 5.11. The van der Waals surface area contributed by atoms with E-state index in [9.17, 15) is 18.0 Å². The van der Waals surface area contributed by atoms with Gasteiger partial charge in [0.1, 0.15) is 5.15 Å². The number of carbonyl (C=O) groups excluding carboxylic acids is 2. The van der Waals surface area contributed by atoms with Gasteiger partial charge < -0.3 is 10.1 Å². The third-order valence-electron chi connectivity index (χ3n) is 4.44. The van der Waals surface area contributed by atoms with Crippen molar-refractivity contribution in [2.24, 2.45) is 0 Å². The predicted octanol–water partition coefficient (Wildman–Crippen LogP) is 2.70. The van der Waals surface area contributed by atoms with E-state index >= 15 is 0 Å². The SMILES string of the molecule is C[C@@H](OC(=O)c1ccc(Cl)nc1)C(=O)Nc1ccc(S(=O)(=O)N2CCCC2)cc1. The van der Waals surface area contributed by atoms with E-state index in [2.05, 4.69) is 10.3 Å². The Morgan fingerprint density at radius 3 is 2.38 bits per heavy atom. The van der Waals surface area contributed by atoms with Gasteiger partial charge in [0.05, 0.1) is 10.5 Å². The molecule has 29 heavy (non-hydrogen) atoms. The average Bonchev–Trinajstić information content (AvgIpc) is 3.24. The minimum Gasteiger partial charge on any atom is -0.449 e. The molecular formula is C19H20ClN3O5S. The van der Waals surface area contributed by atoms with Crippen LogP contribution in [0.15, 0.2) is 47.5 Å². The first kappa shape index (κ1) is 21.2. The maximum atomic E-state index is 12.5. The quantitative estimate of drug-likeness (QED) is 0.550. The predicted molar refractivity (Wildman–Crippen MR) is 107 cm³/mol. The minimum absolute atomic E-state index is 0.172. The summed E-state index contributed by atoms with van der Waals surface area (Å²) in [6.07, 6.45) is 1.91. The van der Waals surface area contributed by atoms with Gasteiger partial charge in [0.25, 0.3) is 5.91 Å². The smallest absolute Gasteiger partial charge is 0.340 e. The lowest BCUT2D eigenvalue weighted by atomic mass is 10.2. The summed E-state index contributed by atoms with van der Waals surface area (Å²) in [6.45, 7) is 2.47. The number of benzene rings is 1. The summed E-state index contributed by atoms with van der Waals surface area (Å²) < 4.78 is 31.6. The summed E-state index contributed by atoms with van der Waals surface area (Å²) >= 11 is 5.67. The lowest BCUT2D eigenvalue weighted by Gasteiger charge is -2.16. The van der Waals surface area contributed by atoms with Crippen LogP contribution < -0.4 is 5.32 Å². The number of nitrogens with zero attached hydrogens (tertiary/aromatic N) is 2. The molecule has 1 atom stereocenters. The summed E-state index contributed by atoms with van der Waals surface area (Å²) in [5.74, 6) is -1.25. The highest BCUT2D eigenvalue weighted by atomic mass is 35.5. The number of halogens is 1. The van der Waals surface area contributed by atoms with Gasteiger partial charge in [-0.3, -0.25) is 4.79 Å². The molecule has 1 fully saturated rings. The number of esters is 1. The Kier molecular flexibility index (Phi) is 6.51. The highest BCUT2D eigenvalue weighted by Gasteiger charge is 2.27. The van der Waals surface area contributed by atoms with Gasteiger partial charge in [0.2, 0.25) is 10.0 Å². The van der Waals surface area contributed by atoms with Gasteiger partial charge in [-0.25, -0.2) is 18.2 Å². The van der Waals surface area contributed by atoms with Gasteiger partial charge in [-0.1, -0.05) is 11.6 Å². The Balaban J connectivity index is 1.59. The molecule has 1 amide bonds. The maximum Gasteiger partial charge on any atom is 0.340 e. The van der Waals surface area contributed by atoms with Crippen LogP contribution in [0.3, 0.4) is 0 Å². The highest BCUT2D eigenvalue weighted by molar-refractivity contribution is 7.89. The molecule has 8 nitrogen and oxygen atoms in total. The molecule has 10 heteroatoms.